The number of rotatable bonds is 1. The van der Waals surface area contributed by atoms with Crippen LogP contribution in [0.25, 0.3) is 0 Å². The molecule has 1 aliphatic rings. The van der Waals surface area contributed by atoms with Crippen molar-refractivity contribution in [3.63, 3.8) is 0 Å². The Morgan fingerprint density at radius 3 is 2.79 bits per heavy atom. The Balaban J connectivity index is 2.35. The van der Waals surface area contributed by atoms with Crippen LogP contribution in [0.2, 0.25) is 5.02 Å². The zero-order valence-corrected chi connectivity index (χ0v) is 12.2. The summed E-state index contributed by atoms with van der Waals surface area (Å²) in [6.07, 6.45) is 0.711. The number of carbonyl (C=O) groups is 1. The molecule has 1 aliphatic heterocycles. The van der Waals surface area contributed by atoms with Gasteiger partial charge in [0.1, 0.15) is 6.04 Å². The van der Waals surface area contributed by atoms with E-state index in [1.54, 1.807) is 6.07 Å². The van der Waals surface area contributed by atoms with Crippen molar-refractivity contribution in [2.24, 2.45) is 0 Å². The van der Waals surface area contributed by atoms with E-state index in [4.69, 9.17) is 11.6 Å². The lowest BCUT2D eigenvalue weighted by Gasteiger charge is -2.34. The summed E-state index contributed by atoms with van der Waals surface area (Å²) in [5, 5.41) is 14.6. The lowest BCUT2D eigenvalue weighted by Crippen LogP contribution is -2.48. The van der Waals surface area contributed by atoms with Gasteiger partial charge in [-0.25, -0.2) is 0 Å². The minimum atomic E-state index is -0.693. The molecule has 5 heteroatoms. The second-order valence-corrected chi connectivity index (χ2v) is 6.33. The van der Waals surface area contributed by atoms with E-state index in [2.05, 4.69) is 5.32 Å². The zero-order valence-electron chi connectivity index (χ0n) is 11.4. The van der Waals surface area contributed by atoms with Gasteiger partial charge in [0.25, 0.3) is 0 Å². The van der Waals surface area contributed by atoms with Crippen molar-refractivity contribution in [1.29, 1.82) is 0 Å². The highest BCUT2D eigenvalue weighted by Crippen LogP contribution is 2.31. The van der Waals surface area contributed by atoms with E-state index in [9.17, 15) is 10.0 Å². The van der Waals surface area contributed by atoms with Crippen molar-refractivity contribution >= 4 is 17.5 Å². The maximum atomic E-state index is 12.3. The number of benzene rings is 1. The quantitative estimate of drug-likeness (QED) is 0.832. The highest BCUT2D eigenvalue weighted by molar-refractivity contribution is 6.30. The predicted molar refractivity (Wildman–Crippen MR) is 74.3 cm³/mol. The molecular formula is C14H19ClN2O2. The van der Waals surface area contributed by atoms with Crippen LogP contribution >= 0.6 is 11.6 Å². The van der Waals surface area contributed by atoms with Crippen LogP contribution in [0.1, 0.15) is 37.9 Å². The largest absolute Gasteiger partial charge is 0.350 e. The van der Waals surface area contributed by atoms with Crippen LogP contribution in [0.3, 0.4) is 0 Å². The molecule has 2 rings (SSSR count). The van der Waals surface area contributed by atoms with Crippen molar-refractivity contribution in [1.82, 2.24) is 10.4 Å². The van der Waals surface area contributed by atoms with E-state index in [-0.39, 0.29) is 11.4 Å². The molecule has 0 saturated heterocycles. The topological polar surface area (TPSA) is 52.6 Å². The Kier molecular flexibility index (Phi) is 3.85. The molecule has 0 aromatic heterocycles. The number of nitrogens with zero attached hydrogens (tertiary/aromatic N) is 1. The molecule has 0 radical (unpaired) electrons. The van der Waals surface area contributed by atoms with E-state index >= 15 is 0 Å². The van der Waals surface area contributed by atoms with Gasteiger partial charge in [-0.05, 0) is 50.5 Å². The van der Waals surface area contributed by atoms with Crippen LogP contribution in [0.15, 0.2) is 18.2 Å². The first-order valence-electron chi connectivity index (χ1n) is 6.34. The summed E-state index contributed by atoms with van der Waals surface area (Å²) >= 11 is 6.00. The fourth-order valence-electron chi connectivity index (χ4n) is 2.29. The summed E-state index contributed by atoms with van der Waals surface area (Å²) in [4.78, 5) is 12.3. The third kappa shape index (κ3) is 3.26. The maximum Gasteiger partial charge on any atom is 0.244 e. The average molecular weight is 283 g/mol. The van der Waals surface area contributed by atoms with E-state index in [0.717, 1.165) is 16.2 Å². The van der Waals surface area contributed by atoms with Gasteiger partial charge < -0.3 is 10.5 Å². The number of carbonyl (C=O) groups excluding carboxylic acids is 1. The first kappa shape index (κ1) is 14.3. The molecule has 0 bridgehead atoms. The van der Waals surface area contributed by atoms with Crippen molar-refractivity contribution in [2.45, 2.75) is 38.8 Å². The zero-order chi connectivity index (χ0) is 14.2. The molecule has 1 atom stereocenters. The van der Waals surface area contributed by atoms with Gasteiger partial charge in [-0.2, -0.15) is 5.06 Å². The smallest absolute Gasteiger partial charge is 0.244 e. The van der Waals surface area contributed by atoms with Gasteiger partial charge in [0.2, 0.25) is 5.91 Å². The molecule has 4 nitrogen and oxygen atoms in total. The number of amides is 1. The highest BCUT2D eigenvalue weighted by Gasteiger charge is 2.34. The molecule has 0 fully saturated rings. The third-order valence-corrected chi connectivity index (χ3v) is 3.29. The highest BCUT2D eigenvalue weighted by atomic mass is 35.5. The summed E-state index contributed by atoms with van der Waals surface area (Å²) in [6, 6.07) is 4.79. The summed E-state index contributed by atoms with van der Waals surface area (Å²) < 4.78 is 0. The van der Waals surface area contributed by atoms with E-state index in [0.29, 0.717) is 18.0 Å². The Labute approximate surface area is 118 Å². The SMILES string of the molecule is CC(C)(C)NC(=O)C1c2cc(Cl)ccc2CCN1O. The van der Waals surface area contributed by atoms with Crippen LogP contribution in [0.5, 0.6) is 0 Å². The minimum Gasteiger partial charge on any atom is -0.350 e. The Morgan fingerprint density at radius 1 is 1.47 bits per heavy atom. The molecule has 0 spiro atoms. The molecule has 1 aromatic carbocycles. The monoisotopic (exact) mass is 282 g/mol. The van der Waals surface area contributed by atoms with E-state index < -0.39 is 6.04 Å². The number of hydrogen-bond donors (Lipinski definition) is 2. The molecule has 104 valence electrons. The number of nitrogens with one attached hydrogen (secondary N) is 1. The van der Waals surface area contributed by atoms with Gasteiger partial charge in [-0.15, -0.1) is 0 Å². The van der Waals surface area contributed by atoms with Crippen molar-refractivity contribution in [3.05, 3.63) is 34.3 Å². The third-order valence-electron chi connectivity index (χ3n) is 3.06. The molecule has 0 saturated carbocycles. The van der Waals surface area contributed by atoms with Gasteiger partial charge in [0.05, 0.1) is 0 Å². The van der Waals surface area contributed by atoms with Gasteiger partial charge in [0, 0.05) is 17.1 Å². The average Bonchev–Trinajstić information content (AvgIpc) is 2.25. The molecule has 2 N–H and O–H groups in total. The van der Waals surface area contributed by atoms with Gasteiger partial charge in [-0.1, -0.05) is 17.7 Å². The van der Waals surface area contributed by atoms with Gasteiger partial charge in [-0.3, -0.25) is 4.79 Å². The molecule has 1 aromatic rings. The lowest BCUT2D eigenvalue weighted by atomic mass is 9.93. The molecular weight excluding hydrogens is 264 g/mol. The van der Waals surface area contributed by atoms with Crippen LogP contribution in [0.4, 0.5) is 0 Å². The molecule has 1 heterocycles. The molecule has 1 amide bonds. The Morgan fingerprint density at radius 2 is 2.16 bits per heavy atom. The molecule has 19 heavy (non-hydrogen) atoms. The van der Waals surface area contributed by atoms with Crippen molar-refractivity contribution < 1.29 is 10.0 Å². The maximum absolute atomic E-state index is 12.3. The first-order chi connectivity index (χ1) is 8.78. The van der Waals surface area contributed by atoms with Crippen LogP contribution in [-0.4, -0.2) is 28.3 Å². The van der Waals surface area contributed by atoms with E-state index in [1.807, 2.05) is 32.9 Å². The summed E-state index contributed by atoms with van der Waals surface area (Å²) in [5.74, 6) is -0.210. The number of hydroxylamine groups is 2. The predicted octanol–water partition coefficient (Wildman–Crippen LogP) is 2.54. The Bertz CT molecular complexity index is 497. The normalized spacial score (nSPS) is 19.9. The summed E-state index contributed by atoms with van der Waals surface area (Å²) in [5.41, 5.74) is 1.50. The second-order valence-electron chi connectivity index (χ2n) is 5.90. The number of fused-ring (bicyclic) bond motifs is 1. The van der Waals surface area contributed by atoms with E-state index in [1.165, 1.54) is 0 Å². The fourth-order valence-corrected chi connectivity index (χ4v) is 2.47. The first-order valence-corrected chi connectivity index (χ1v) is 6.71. The fraction of sp³-hybridized carbons (Fsp3) is 0.500. The van der Waals surface area contributed by atoms with Gasteiger partial charge in [0.15, 0.2) is 0 Å². The second kappa shape index (κ2) is 5.12. The van der Waals surface area contributed by atoms with Gasteiger partial charge >= 0.3 is 0 Å². The Hall–Kier alpha value is -1.10. The summed E-state index contributed by atoms with van der Waals surface area (Å²) in [7, 11) is 0. The number of hydrogen-bond acceptors (Lipinski definition) is 3. The standard InChI is InChI=1S/C14H19ClN2O2/c1-14(2,3)16-13(18)12-11-8-10(15)5-4-9(11)6-7-17(12)19/h4-5,8,12,19H,6-7H2,1-3H3,(H,16,18). The summed E-state index contributed by atoms with van der Waals surface area (Å²) in [6.45, 7) is 6.17. The van der Waals surface area contributed by atoms with Crippen LogP contribution < -0.4 is 5.32 Å². The molecule has 1 unspecified atom stereocenters. The van der Waals surface area contributed by atoms with Crippen LogP contribution in [-0.2, 0) is 11.2 Å². The lowest BCUT2D eigenvalue weighted by molar-refractivity contribution is -0.160. The number of halogens is 1. The molecule has 0 aliphatic carbocycles. The van der Waals surface area contributed by atoms with Crippen molar-refractivity contribution in [2.75, 3.05) is 6.54 Å². The van der Waals surface area contributed by atoms with Crippen molar-refractivity contribution in [3.8, 4) is 0 Å². The minimum absolute atomic E-state index is 0.210. The van der Waals surface area contributed by atoms with Crippen LogP contribution in [0, 0.1) is 0 Å².